The standard InChI is InChI=1S/C24H29BrN4O5/c1-5-33-19-11-16(10-18(25)22(19)34-13-20(26)30)12-27-29-24(32)21(14(2)3)28-23(31)17-8-6-15(4)7-9-17/h6-12,14,21H,5,13H2,1-4H3,(H2,26,30)(H,28,31)(H,29,32). The van der Waals surface area contributed by atoms with E-state index < -0.39 is 17.9 Å². The third kappa shape index (κ3) is 7.87. The lowest BCUT2D eigenvalue weighted by atomic mass is 10.0. The summed E-state index contributed by atoms with van der Waals surface area (Å²) in [5.41, 5.74) is 9.73. The fraction of sp³-hybridized carbons (Fsp3) is 0.333. The number of halogens is 1. The predicted molar refractivity (Wildman–Crippen MR) is 133 cm³/mol. The molecule has 0 spiro atoms. The lowest BCUT2D eigenvalue weighted by Crippen LogP contribution is -2.48. The van der Waals surface area contributed by atoms with Crippen LogP contribution >= 0.6 is 15.9 Å². The molecule has 9 nitrogen and oxygen atoms in total. The Hall–Kier alpha value is -3.40. The molecular weight excluding hydrogens is 504 g/mol. The molecule has 0 aromatic heterocycles. The summed E-state index contributed by atoms with van der Waals surface area (Å²) in [6, 6.07) is 9.66. The fourth-order valence-electron chi connectivity index (χ4n) is 2.91. The van der Waals surface area contributed by atoms with E-state index in [4.69, 9.17) is 15.2 Å². The van der Waals surface area contributed by atoms with Crippen LogP contribution in [-0.2, 0) is 9.59 Å². The van der Waals surface area contributed by atoms with Crippen LogP contribution in [-0.4, -0.2) is 43.2 Å². The Morgan fingerprint density at radius 1 is 1.15 bits per heavy atom. The lowest BCUT2D eigenvalue weighted by Gasteiger charge is -2.20. The van der Waals surface area contributed by atoms with Crippen molar-refractivity contribution in [2.45, 2.75) is 33.7 Å². The lowest BCUT2D eigenvalue weighted by molar-refractivity contribution is -0.124. The van der Waals surface area contributed by atoms with Crippen molar-refractivity contribution in [1.29, 1.82) is 0 Å². The van der Waals surface area contributed by atoms with Crippen LogP contribution in [0.15, 0.2) is 46.0 Å². The second-order valence-electron chi connectivity index (χ2n) is 7.81. The molecule has 10 heteroatoms. The van der Waals surface area contributed by atoms with Gasteiger partial charge >= 0.3 is 0 Å². The minimum Gasteiger partial charge on any atom is -0.490 e. The number of ether oxygens (including phenoxy) is 2. The van der Waals surface area contributed by atoms with Gasteiger partial charge in [-0.2, -0.15) is 5.10 Å². The zero-order valence-electron chi connectivity index (χ0n) is 19.6. The number of aryl methyl sites for hydroxylation is 1. The Bertz CT molecular complexity index is 1050. The van der Waals surface area contributed by atoms with Gasteiger partial charge in [-0.3, -0.25) is 14.4 Å². The molecule has 0 heterocycles. The van der Waals surface area contributed by atoms with E-state index in [1.165, 1.54) is 6.21 Å². The van der Waals surface area contributed by atoms with Crippen molar-refractivity contribution in [3.05, 3.63) is 57.6 Å². The van der Waals surface area contributed by atoms with Gasteiger partial charge in [0, 0.05) is 5.56 Å². The molecule has 0 saturated carbocycles. The maximum Gasteiger partial charge on any atom is 0.262 e. The van der Waals surface area contributed by atoms with Gasteiger partial charge in [0.25, 0.3) is 17.7 Å². The smallest absolute Gasteiger partial charge is 0.262 e. The first-order valence-electron chi connectivity index (χ1n) is 10.7. The predicted octanol–water partition coefficient (Wildman–Crippen LogP) is 2.93. The number of rotatable bonds is 11. The van der Waals surface area contributed by atoms with Crippen molar-refractivity contribution < 1.29 is 23.9 Å². The minimum atomic E-state index is -0.777. The molecule has 0 saturated heterocycles. The first-order chi connectivity index (χ1) is 16.1. The highest BCUT2D eigenvalue weighted by Gasteiger charge is 2.24. The Morgan fingerprint density at radius 3 is 2.41 bits per heavy atom. The maximum absolute atomic E-state index is 12.7. The van der Waals surface area contributed by atoms with Gasteiger partial charge in [-0.05, 0) is 65.5 Å². The first kappa shape index (κ1) is 26.8. The van der Waals surface area contributed by atoms with Crippen molar-refractivity contribution in [3.8, 4) is 11.5 Å². The molecule has 0 aliphatic heterocycles. The first-order valence-corrected chi connectivity index (χ1v) is 11.5. The third-order valence-corrected chi connectivity index (χ3v) is 5.22. The van der Waals surface area contributed by atoms with E-state index in [9.17, 15) is 14.4 Å². The van der Waals surface area contributed by atoms with E-state index >= 15 is 0 Å². The Kier molecular flexibility index (Phi) is 10.1. The molecule has 34 heavy (non-hydrogen) atoms. The number of nitrogens with one attached hydrogen (secondary N) is 2. The van der Waals surface area contributed by atoms with Crippen molar-refractivity contribution >= 4 is 39.9 Å². The molecule has 2 aromatic rings. The van der Waals surface area contributed by atoms with E-state index in [2.05, 4.69) is 31.8 Å². The van der Waals surface area contributed by atoms with Gasteiger partial charge in [0.1, 0.15) is 6.04 Å². The number of amides is 3. The molecule has 182 valence electrons. The molecule has 0 aliphatic carbocycles. The maximum atomic E-state index is 12.7. The summed E-state index contributed by atoms with van der Waals surface area (Å²) in [6.07, 6.45) is 1.43. The molecule has 2 aromatic carbocycles. The quantitative estimate of drug-likeness (QED) is 0.302. The van der Waals surface area contributed by atoms with E-state index in [1.54, 1.807) is 24.3 Å². The highest BCUT2D eigenvalue weighted by Crippen LogP contribution is 2.36. The average molecular weight is 533 g/mol. The van der Waals surface area contributed by atoms with Gasteiger partial charge in [0.15, 0.2) is 18.1 Å². The number of carbonyl (C=O) groups is 3. The molecule has 0 fully saturated rings. The molecule has 1 atom stereocenters. The van der Waals surface area contributed by atoms with Crippen LogP contribution in [0.1, 0.15) is 42.3 Å². The summed E-state index contributed by atoms with van der Waals surface area (Å²) in [5.74, 6) is -0.842. The largest absolute Gasteiger partial charge is 0.490 e. The summed E-state index contributed by atoms with van der Waals surface area (Å²) in [5, 5.41) is 6.78. The topological polar surface area (TPSA) is 132 Å². The van der Waals surface area contributed by atoms with Crippen molar-refractivity contribution in [2.75, 3.05) is 13.2 Å². The zero-order chi connectivity index (χ0) is 25.3. The minimum absolute atomic E-state index is 0.162. The second-order valence-corrected chi connectivity index (χ2v) is 8.67. The van der Waals surface area contributed by atoms with Gasteiger partial charge in [0.2, 0.25) is 0 Å². The van der Waals surface area contributed by atoms with Crippen LogP contribution in [0.2, 0.25) is 0 Å². The van der Waals surface area contributed by atoms with Crippen LogP contribution in [0.3, 0.4) is 0 Å². The summed E-state index contributed by atoms with van der Waals surface area (Å²) >= 11 is 3.38. The van der Waals surface area contributed by atoms with Crippen LogP contribution in [0.5, 0.6) is 11.5 Å². The number of nitrogens with two attached hydrogens (primary N) is 1. The monoisotopic (exact) mass is 532 g/mol. The van der Waals surface area contributed by atoms with Gasteiger partial charge in [-0.15, -0.1) is 0 Å². The Labute approximate surface area is 207 Å². The van der Waals surface area contributed by atoms with Gasteiger partial charge in [-0.25, -0.2) is 5.43 Å². The summed E-state index contributed by atoms with van der Waals surface area (Å²) in [6.45, 7) is 7.48. The molecule has 0 radical (unpaired) electrons. The number of nitrogens with zero attached hydrogens (tertiary/aromatic N) is 1. The van der Waals surface area contributed by atoms with Crippen LogP contribution < -0.4 is 25.9 Å². The summed E-state index contributed by atoms with van der Waals surface area (Å²) in [4.78, 5) is 36.3. The zero-order valence-corrected chi connectivity index (χ0v) is 21.1. The van der Waals surface area contributed by atoms with E-state index in [0.29, 0.717) is 33.7 Å². The molecule has 3 amide bonds. The second kappa shape index (κ2) is 12.7. The molecule has 2 rings (SSSR count). The van der Waals surface area contributed by atoms with Crippen molar-refractivity contribution in [2.24, 2.45) is 16.8 Å². The van der Waals surface area contributed by atoms with E-state index in [0.717, 1.165) is 5.56 Å². The molecule has 0 bridgehead atoms. The van der Waals surface area contributed by atoms with Crippen LogP contribution in [0.4, 0.5) is 0 Å². The fourth-order valence-corrected chi connectivity index (χ4v) is 3.49. The third-order valence-electron chi connectivity index (χ3n) is 4.63. The van der Waals surface area contributed by atoms with Crippen LogP contribution in [0, 0.1) is 12.8 Å². The number of carbonyl (C=O) groups excluding carboxylic acids is 3. The van der Waals surface area contributed by atoms with Gasteiger partial charge in [-0.1, -0.05) is 31.5 Å². The van der Waals surface area contributed by atoms with Gasteiger partial charge in [0.05, 0.1) is 17.3 Å². The Morgan fingerprint density at radius 2 is 1.82 bits per heavy atom. The number of benzene rings is 2. The van der Waals surface area contributed by atoms with E-state index in [-0.39, 0.29) is 18.4 Å². The van der Waals surface area contributed by atoms with Gasteiger partial charge < -0.3 is 20.5 Å². The average Bonchev–Trinajstić information content (AvgIpc) is 2.77. The summed E-state index contributed by atoms with van der Waals surface area (Å²) < 4.78 is 11.5. The van der Waals surface area contributed by atoms with E-state index in [1.807, 2.05) is 39.8 Å². The SMILES string of the molecule is CCOc1cc(C=NNC(=O)C(NC(=O)c2ccc(C)cc2)C(C)C)cc(Br)c1OCC(N)=O. The number of hydrazone groups is 1. The van der Waals surface area contributed by atoms with Crippen molar-refractivity contribution in [1.82, 2.24) is 10.7 Å². The molecule has 4 N–H and O–H groups in total. The number of hydrogen-bond donors (Lipinski definition) is 3. The molecule has 1 unspecified atom stereocenters. The Balaban J connectivity index is 2.10. The molecular formula is C24H29BrN4O5. The highest BCUT2D eigenvalue weighted by molar-refractivity contribution is 9.10. The highest BCUT2D eigenvalue weighted by atomic mass is 79.9. The molecule has 0 aliphatic rings. The normalized spacial score (nSPS) is 11.8. The van der Waals surface area contributed by atoms with Crippen LogP contribution in [0.25, 0.3) is 0 Å². The summed E-state index contributed by atoms with van der Waals surface area (Å²) in [7, 11) is 0. The number of hydrogen-bond acceptors (Lipinski definition) is 6. The van der Waals surface area contributed by atoms with Crippen molar-refractivity contribution in [3.63, 3.8) is 0 Å². The number of primary amides is 1.